The van der Waals surface area contributed by atoms with Gasteiger partial charge in [0.1, 0.15) is 18.7 Å². The van der Waals surface area contributed by atoms with E-state index in [9.17, 15) is 14.4 Å². The zero-order chi connectivity index (χ0) is 28.1. The average molecular weight is 578 g/mol. The second-order valence-corrected chi connectivity index (χ2v) is 13.4. The molecule has 7 rings (SSSR count). The van der Waals surface area contributed by atoms with Crippen LogP contribution in [0.1, 0.15) is 48.9 Å². The molecule has 4 atom stereocenters. The molecule has 41 heavy (non-hydrogen) atoms. The smallest absolute Gasteiger partial charge is 0.251 e. The molecule has 218 valence electrons. The first kappa shape index (κ1) is 27.0. The third-order valence-corrected chi connectivity index (χ3v) is 10.8. The van der Waals surface area contributed by atoms with Crippen molar-refractivity contribution in [2.24, 2.45) is 17.8 Å². The number of benzene rings is 1. The molecule has 5 fully saturated rings. The van der Waals surface area contributed by atoms with E-state index in [-0.39, 0.29) is 42.1 Å². The first-order valence-corrected chi connectivity index (χ1v) is 16.1. The van der Waals surface area contributed by atoms with Gasteiger partial charge in [0.15, 0.2) is 10.9 Å². The van der Waals surface area contributed by atoms with Crippen molar-refractivity contribution in [3.63, 3.8) is 0 Å². The van der Waals surface area contributed by atoms with Gasteiger partial charge in [0.25, 0.3) is 5.91 Å². The van der Waals surface area contributed by atoms with Crippen molar-refractivity contribution in [3.05, 3.63) is 35.2 Å². The van der Waals surface area contributed by atoms with E-state index in [1.165, 1.54) is 0 Å². The summed E-state index contributed by atoms with van der Waals surface area (Å²) in [6, 6.07) is 6.38. The number of fused-ring (bicyclic) bond motifs is 1. The Labute approximate surface area is 245 Å². The second-order valence-electron chi connectivity index (χ2n) is 12.6. The lowest BCUT2D eigenvalue weighted by molar-refractivity contribution is -0.139. The number of hydrogen-bond acceptors (Lipinski definition) is 8. The average Bonchev–Trinajstić information content (AvgIpc) is 3.39. The molecule has 2 amide bonds. The predicted octanol–water partition coefficient (Wildman–Crippen LogP) is 3.06. The van der Waals surface area contributed by atoms with E-state index in [0.29, 0.717) is 18.0 Å². The number of nitrogens with zero attached hydrogens (tertiary/aromatic N) is 4. The summed E-state index contributed by atoms with van der Waals surface area (Å²) in [6.07, 6.45) is 6.03. The fourth-order valence-electron chi connectivity index (χ4n) is 7.27. The molecular weight excluding hydrogens is 538 g/mol. The SMILES string of the molecule is CN1CCN(c2nc(-c3ccc(C(=O)N[C@H](C(=O)N4C[C@@H](C5CC5)[C@H]5OCC(=O)[C@H]54)C4CCCC4)cc3)cs2)CC1. The van der Waals surface area contributed by atoms with Gasteiger partial charge < -0.3 is 24.8 Å². The highest BCUT2D eigenvalue weighted by atomic mass is 32.1. The molecule has 1 aromatic heterocycles. The summed E-state index contributed by atoms with van der Waals surface area (Å²) in [5, 5.41) is 6.22. The molecule has 4 heterocycles. The first-order chi connectivity index (χ1) is 20.0. The summed E-state index contributed by atoms with van der Waals surface area (Å²) in [4.78, 5) is 51.6. The van der Waals surface area contributed by atoms with Crippen molar-refractivity contribution in [2.45, 2.75) is 56.7 Å². The van der Waals surface area contributed by atoms with Crippen LogP contribution in [-0.2, 0) is 14.3 Å². The van der Waals surface area contributed by atoms with Crippen molar-refractivity contribution in [1.82, 2.24) is 20.1 Å². The van der Waals surface area contributed by atoms with E-state index in [1.54, 1.807) is 16.2 Å². The summed E-state index contributed by atoms with van der Waals surface area (Å²) in [5.41, 5.74) is 2.40. The van der Waals surface area contributed by atoms with Crippen molar-refractivity contribution in [1.29, 1.82) is 0 Å². The van der Waals surface area contributed by atoms with Crippen molar-refractivity contribution in [2.75, 3.05) is 51.3 Å². The largest absolute Gasteiger partial charge is 0.367 e. The van der Waals surface area contributed by atoms with Gasteiger partial charge in [0.2, 0.25) is 5.91 Å². The number of anilines is 1. The molecule has 3 saturated heterocycles. The van der Waals surface area contributed by atoms with E-state index in [2.05, 4.69) is 27.5 Å². The van der Waals surface area contributed by atoms with Crippen LogP contribution in [0.25, 0.3) is 11.3 Å². The molecule has 0 spiro atoms. The number of nitrogens with one attached hydrogen (secondary N) is 1. The van der Waals surface area contributed by atoms with Gasteiger partial charge in [-0.05, 0) is 56.7 Å². The van der Waals surface area contributed by atoms with Crippen LogP contribution in [0.15, 0.2) is 29.6 Å². The van der Waals surface area contributed by atoms with Crippen LogP contribution in [0.5, 0.6) is 0 Å². The Morgan fingerprint density at radius 2 is 1.78 bits per heavy atom. The van der Waals surface area contributed by atoms with E-state index >= 15 is 0 Å². The Balaban J connectivity index is 1.05. The van der Waals surface area contributed by atoms with Crippen LogP contribution < -0.4 is 10.2 Å². The Kier molecular flexibility index (Phi) is 7.33. The zero-order valence-corrected chi connectivity index (χ0v) is 24.5. The molecule has 0 radical (unpaired) electrons. The Morgan fingerprint density at radius 1 is 1.05 bits per heavy atom. The van der Waals surface area contributed by atoms with Gasteiger partial charge in [-0.25, -0.2) is 4.98 Å². The molecule has 0 bridgehead atoms. The minimum atomic E-state index is -0.624. The van der Waals surface area contributed by atoms with Crippen molar-refractivity contribution < 1.29 is 19.1 Å². The Bertz CT molecular complexity index is 1300. The van der Waals surface area contributed by atoms with Crippen LogP contribution in [0.3, 0.4) is 0 Å². The van der Waals surface area contributed by atoms with Gasteiger partial charge in [0.05, 0.1) is 11.8 Å². The second kappa shape index (κ2) is 11.1. The number of aromatic nitrogens is 1. The van der Waals surface area contributed by atoms with Gasteiger partial charge in [-0.15, -0.1) is 11.3 Å². The highest BCUT2D eigenvalue weighted by Gasteiger charge is 2.57. The molecule has 1 N–H and O–H groups in total. The molecule has 9 nitrogen and oxygen atoms in total. The molecule has 2 saturated carbocycles. The molecule has 2 aliphatic carbocycles. The first-order valence-electron chi connectivity index (χ1n) is 15.2. The minimum Gasteiger partial charge on any atom is -0.367 e. The number of amides is 2. The number of carbonyl (C=O) groups excluding carboxylic acids is 3. The van der Waals surface area contributed by atoms with Crippen LogP contribution >= 0.6 is 11.3 Å². The standard InChI is InChI=1S/C31H39N5O4S/c1-34-12-14-35(15-13-34)31-32-24(18-41-31)20-8-10-22(11-9-20)29(38)33-26(21-4-2-3-5-21)30(39)36-16-23(19-6-7-19)28-27(36)25(37)17-40-28/h8-11,18-19,21,23,26-28H,2-7,12-17H2,1H3,(H,33,38)/t23-,26-,27+,28+/m0/s1. The minimum absolute atomic E-state index is 0.00333. The number of hydrogen-bond donors (Lipinski definition) is 1. The highest BCUT2D eigenvalue weighted by Crippen LogP contribution is 2.46. The topological polar surface area (TPSA) is 95.1 Å². The fourth-order valence-corrected chi connectivity index (χ4v) is 8.16. The van der Waals surface area contributed by atoms with Gasteiger partial charge in [-0.1, -0.05) is 25.0 Å². The van der Waals surface area contributed by atoms with Crippen molar-refractivity contribution in [3.8, 4) is 11.3 Å². The molecular formula is C31H39N5O4S. The number of thiazole rings is 1. The molecule has 3 aliphatic heterocycles. The van der Waals surface area contributed by atoms with Gasteiger partial charge in [0, 0.05) is 55.1 Å². The van der Waals surface area contributed by atoms with Gasteiger partial charge in [-0.3, -0.25) is 14.4 Å². The lowest BCUT2D eigenvalue weighted by Gasteiger charge is -2.32. The van der Waals surface area contributed by atoms with Gasteiger partial charge >= 0.3 is 0 Å². The summed E-state index contributed by atoms with van der Waals surface area (Å²) in [6.45, 7) is 4.67. The third-order valence-electron chi connectivity index (χ3n) is 9.87. The molecule has 1 aromatic carbocycles. The lowest BCUT2D eigenvalue weighted by Crippen LogP contribution is -2.54. The molecule has 2 aromatic rings. The third kappa shape index (κ3) is 5.30. The maximum Gasteiger partial charge on any atom is 0.251 e. The van der Waals surface area contributed by atoms with E-state index in [0.717, 1.165) is 81.1 Å². The van der Waals surface area contributed by atoms with E-state index < -0.39 is 12.1 Å². The summed E-state index contributed by atoms with van der Waals surface area (Å²) >= 11 is 1.65. The number of piperazine rings is 1. The Morgan fingerprint density at radius 3 is 2.49 bits per heavy atom. The molecule has 0 unspecified atom stereocenters. The molecule has 5 aliphatic rings. The van der Waals surface area contributed by atoms with Gasteiger partial charge in [-0.2, -0.15) is 0 Å². The number of ketones is 1. The lowest BCUT2D eigenvalue weighted by atomic mass is 9.95. The van der Waals surface area contributed by atoms with Crippen LogP contribution in [-0.4, -0.2) is 96.9 Å². The highest BCUT2D eigenvalue weighted by molar-refractivity contribution is 7.14. The van der Waals surface area contributed by atoms with Crippen molar-refractivity contribution >= 4 is 34.1 Å². The van der Waals surface area contributed by atoms with Crippen LogP contribution in [0, 0.1) is 17.8 Å². The van der Waals surface area contributed by atoms with Crippen LogP contribution in [0.4, 0.5) is 5.13 Å². The number of rotatable bonds is 7. The normalized spacial score (nSPS) is 27.8. The number of Topliss-reactive ketones (excluding diaryl/α,β-unsaturated/α-hetero) is 1. The van der Waals surface area contributed by atoms with Crippen LogP contribution in [0.2, 0.25) is 0 Å². The zero-order valence-electron chi connectivity index (χ0n) is 23.7. The fraction of sp³-hybridized carbons (Fsp3) is 0.613. The number of carbonyl (C=O) groups is 3. The summed E-state index contributed by atoms with van der Waals surface area (Å²) < 4.78 is 5.89. The number of ether oxygens (including phenoxy) is 1. The number of likely N-dealkylation sites (tertiary alicyclic amines) is 1. The quantitative estimate of drug-likeness (QED) is 0.541. The number of likely N-dealkylation sites (N-methyl/N-ethyl adjacent to an activating group) is 1. The summed E-state index contributed by atoms with van der Waals surface area (Å²) in [7, 11) is 2.14. The van der Waals surface area contributed by atoms with E-state index in [4.69, 9.17) is 9.72 Å². The monoisotopic (exact) mass is 577 g/mol. The maximum atomic E-state index is 14.1. The molecule has 10 heteroatoms. The van der Waals surface area contributed by atoms with E-state index in [1.807, 2.05) is 24.3 Å². The summed E-state index contributed by atoms with van der Waals surface area (Å²) in [5.74, 6) is 0.491. The maximum absolute atomic E-state index is 14.1. The predicted molar refractivity (Wildman–Crippen MR) is 157 cm³/mol. The Hall–Kier alpha value is -2.82.